The van der Waals surface area contributed by atoms with E-state index in [2.05, 4.69) is 29.6 Å². The molecule has 0 unspecified atom stereocenters. The van der Waals surface area contributed by atoms with Crippen molar-refractivity contribution < 1.29 is 9.59 Å². The zero-order valence-electron chi connectivity index (χ0n) is 18.2. The van der Waals surface area contributed by atoms with Gasteiger partial charge in [-0.25, -0.2) is 0 Å². The number of fused-ring (bicyclic) bond motifs is 1. The first-order valence-electron chi connectivity index (χ1n) is 11.1. The third-order valence-corrected chi connectivity index (χ3v) is 6.74. The number of amides is 2. The van der Waals surface area contributed by atoms with Crippen LogP contribution in [0.3, 0.4) is 0 Å². The molecular weight excluding hydrogens is 428 g/mol. The van der Waals surface area contributed by atoms with E-state index in [9.17, 15) is 9.59 Å². The number of hydrogen-bond donors (Lipinski definition) is 1. The molecule has 0 saturated heterocycles. The van der Waals surface area contributed by atoms with Crippen molar-refractivity contribution in [3.63, 3.8) is 0 Å². The van der Waals surface area contributed by atoms with Gasteiger partial charge in [0.15, 0.2) is 0 Å². The number of aryl methyl sites for hydroxylation is 1. The van der Waals surface area contributed by atoms with Crippen LogP contribution in [0.1, 0.15) is 27.2 Å². The normalized spacial score (nSPS) is 12.8. The number of carbonyl (C=O) groups excluding carboxylic acids is 2. The molecule has 1 aromatic heterocycles. The van der Waals surface area contributed by atoms with Gasteiger partial charge in [0.25, 0.3) is 5.91 Å². The van der Waals surface area contributed by atoms with E-state index in [-0.39, 0.29) is 11.8 Å². The number of hydrogen-bond acceptors (Lipinski definition) is 3. The van der Waals surface area contributed by atoms with E-state index in [4.69, 9.17) is 0 Å². The number of anilines is 2. The summed E-state index contributed by atoms with van der Waals surface area (Å²) in [6, 6.07) is 27.9. The van der Waals surface area contributed by atoms with Crippen molar-refractivity contribution in [2.45, 2.75) is 19.3 Å². The van der Waals surface area contributed by atoms with Gasteiger partial charge in [-0.1, -0.05) is 60.7 Å². The molecule has 4 nitrogen and oxygen atoms in total. The fourth-order valence-electron chi connectivity index (χ4n) is 4.26. The van der Waals surface area contributed by atoms with Crippen molar-refractivity contribution >= 4 is 34.5 Å². The van der Waals surface area contributed by atoms with Crippen LogP contribution in [-0.2, 0) is 17.6 Å². The lowest BCUT2D eigenvalue weighted by Gasteiger charge is -2.29. The number of benzene rings is 3. The predicted molar refractivity (Wildman–Crippen MR) is 135 cm³/mol. The first-order valence-corrected chi connectivity index (χ1v) is 12.0. The van der Waals surface area contributed by atoms with Gasteiger partial charge >= 0.3 is 0 Å². The Kier molecular flexibility index (Phi) is 6.05. The standard InChI is InChI=1S/C28H24N2O2S/c31-27(18-20-10-12-22(13-11-20)21-6-2-1-3-7-21)29-24-14-15-25-23(19-24)8-4-16-30(25)28(32)26-9-5-17-33-26/h1-3,5-7,9-15,17,19H,4,8,16,18H2,(H,29,31). The summed E-state index contributed by atoms with van der Waals surface area (Å²) >= 11 is 1.46. The van der Waals surface area contributed by atoms with E-state index >= 15 is 0 Å². The number of thiophene rings is 1. The largest absolute Gasteiger partial charge is 0.326 e. The molecule has 0 saturated carbocycles. The van der Waals surface area contributed by atoms with Crippen LogP contribution in [0.2, 0.25) is 0 Å². The van der Waals surface area contributed by atoms with Gasteiger partial charge in [-0.3, -0.25) is 9.59 Å². The minimum Gasteiger partial charge on any atom is -0.326 e. The number of carbonyl (C=O) groups is 2. The van der Waals surface area contributed by atoms with Crippen LogP contribution >= 0.6 is 11.3 Å². The van der Waals surface area contributed by atoms with Gasteiger partial charge < -0.3 is 10.2 Å². The average molecular weight is 453 g/mol. The minimum atomic E-state index is -0.0512. The topological polar surface area (TPSA) is 49.4 Å². The molecule has 5 heteroatoms. The maximum Gasteiger partial charge on any atom is 0.268 e. The van der Waals surface area contributed by atoms with Gasteiger partial charge in [0.05, 0.1) is 11.3 Å². The zero-order valence-corrected chi connectivity index (χ0v) is 19.0. The van der Waals surface area contributed by atoms with E-state index in [1.807, 2.05) is 70.9 Å². The molecule has 0 spiro atoms. The molecule has 3 aromatic carbocycles. The summed E-state index contributed by atoms with van der Waals surface area (Å²) in [5, 5.41) is 4.94. The van der Waals surface area contributed by atoms with Crippen LogP contribution < -0.4 is 10.2 Å². The average Bonchev–Trinajstić information content (AvgIpc) is 3.39. The van der Waals surface area contributed by atoms with E-state index < -0.39 is 0 Å². The highest BCUT2D eigenvalue weighted by atomic mass is 32.1. The van der Waals surface area contributed by atoms with Crippen LogP contribution in [0.15, 0.2) is 90.3 Å². The monoisotopic (exact) mass is 452 g/mol. The maximum absolute atomic E-state index is 12.9. The smallest absolute Gasteiger partial charge is 0.268 e. The number of nitrogens with zero attached hydrogens (tertiary/aromatic N) is 1. The fraction of sp³-hybridized carbons (Fsp3) is 0.143. The van der Waals surface area contributed by atoms with E-state index in [1.165, 1.54) is 11.3 Å². The van der Waals surface area contributed by atoms with Gasteiger partial charge in [0, 0.05) is 17.9 Å². The second-order valence-corrected chi connectivity index (χ2v) is 9.12. The Bertz CT molecular complexity index is 1270. The summed E-state index contributed by atoms with van der Waals surface area (Å²) in [5.41, 5.74) is 6.07. The summed E-state index contributed by atoms with van der Waals surface area (Å²) < 4.78 is 0. The van der Waals surface area contributed by atoms with Gasteiger partial charge in [-0.05, 0) is 64.7 Å². The van der Waals surface area contributed by atoms with Crippen LogP contribution in [0.4, 0.5) is 11.4 Å². The zero-order chi connectivity index (χ0) is 22.6. The lowest BCUT2D eigenvalue weighted by Crippen LogP contribution is -2.35. The quantitative estimate of drug-likeness (QED) is 0.393. The van der Waals surface area contributed by atoms with E-state index in [0.29, 0.717) is 13.0 Å². The summed E-state index contributed by atoms with van der Waals surface area (Å²) in [6.45, 7) is 0.717. The van der Waals surface area contributed by atoms with Gasteiger partial charge in [0.1, 0.15) is 0 Å². The van der Waals surface area contributed by atoms with Gasteiger partial charge in [0.2, 0.25) is 5.91 Å². The second kappa shape index (κ2) is 9.43. The maximum atomic E-state index is 12.9. The van der Waals surface area contributed by atoms with Crippen molar-refractivity contribution in [2.75, 3.05) is 16.8 Å². The Labute approximate surface area is 197 Å². The van der Waals surface area contributed by atoms with Gasteiger partial charge in [-0.15, -0.1) is 11.3 Å². The molecule has 2 amide bonds. The number of nitrogens with one attached hydrogen (secondary N) is 1. The van der Waals surface area contributed by atoms with Crippen molar-refractivity contribution in [3.05, 3.63) is 106 Å². The fourth-order valence-corrected chi connectivity index (χ4v) is 4.93. The molecule has 0 aliphatic carbocycles. The lowest BCUT2D eigenvalue weighted by atomic mass is 10.0. The highest BCUT2D eigenvalue weighted by Gasteiger charge is 2.24. The van der Waals surface area contributed by atoms with Gasteiger partial charge in [-0.2, -0.15) is 0 Å². The molecule has 0 fully saturated rings. The van der Waals surface area contributed by atoms with E-state index in [0.717, 1.165) is 51.3 Å². The van der Waals surface area contributed by atoms with Crippen LogP contribution in [0.25, 0.3) is 11.1 Å². The third-order valence-electron chi connectivity index (χ3n) is 5.88. The highest BCUT2D eigenvalue weighted by Crippen LogP contribution is 2.31. The molecule has 1 aliphatic heterocycles. The second-order valence-electron chi connectivity index (χ2n) is 8.17. The molecule has 1 N–H and O–H groups in total. The molecule has 1 aliphatic rings. The van der Waals surface area contributed by atoms with Crippen molar-refractivity contribution in [1.29, 1.82) is 0 Å². The first-order chi connectivity index (χ1) is 16.2. The molecule has 0 bridgehead atoms. The highest BCUT2D eigenvalue weighted by molar-refractivity contribution is 7.12. The Morgan fingerprint density at radius 1 is 0.879 bits per heavy atom. The molecule has 164 valence electrons. The Morgan fingerprint density at radius 2 is 1.67 bits per heavy atom. The minimum absolute atomic E-state index is 0.0432. The molecular formula is C28H24N2O2S. The molecule has 4 aromatic rings. The molecule has 5 rings (SSSR count). The van der Waals surface area contributed by atoms with Crippen LogP contribution in [0.5, 0.6) is 0 Å². The Morgan fingerprint density at radius 3 is 2.42 bits per heavy atom. The van der Waals surface area contributed by atoms with Crippen molar-refractivity contribution in [2.24, 2.45) is 0 Å². The SMILES string of the molecule is O=C(Cc1ccc(-c2ccccc2)cc1)Nc1ccc2c(c1)CCCN2C(=O)c1cccs1. The third kappa shape index (κ3) is 4.73. The molecule has 33 heavy (non-hydrogen) atoms. The predicted octanol–water partition coefficient (Wildman–Crippen LogP) is 6.19. The Balaban J connectivity index is 1.25. The van der Waals surface area contributed by atoms with E-state index in [1.54, 1.807) is 0 Å². The molecule has 0 radical (unpaired) electrons. The Hall–Kier alpha value is -3.70. The van der Waals surface area contributed by atoms with Crippen molar-refractivity contribution in [3.8, 4) is 11.1 Å². The van der Waals surface area contributed by atoms with Crippen molar-refractivity contribution in [1.82, 2.24) is 0 Å². The van der Waals surface area contributed by atoms with Crippen LogP contribution in [-0.4, -0.2) is 18.4 Å². The summed E-state index contributed by atoms with van der Waals surface area (Å²) in [4.78, 5) is 28.1. The molecule has 0 atom stereocenters. The number of rotatable bonds is 5. The lowest BCUT2D eigenvalue weighted by molar-refractivity contribution is -0.115. The molecule has 2 heterocycles. The van der Waals surface area contributed by atoms with Crippen LogP contribution in [0, 0.1) is 0 Å². The summed E-state index contributed by atoms with van der Waals surface area (Å²) in [7, 11) is 0. The summed E-state index contributed by atoms with van der Waals surface area (Å²) in [6.07, 6.45) is 2.12. The summed E-state index contributed by atoms with van der Waals surface area (Å²) in [5.74, 6) is -0.00794. The first kappa shape index (κ1) is 21.2.